The van der Waals surface area contributed by atoms with Crippen LogP contribution in [-0.4, -0.2) is 18.0 Å². The third-order valence-electron chi connectivity index (χ3n) is 9.24. The van der Waals surface area contributed by atoms with Gasteiger partial charge in [0.2, 0.25) is 0 Å². The Morgan fingerprint density at radius 3 is 1.54 bits per heavy atom. The SMILES string of the molecule is CC1(C2CCC(c3ccccc3)P2CCP2C(c3ccccc3)CCC2c2ccccc2)C=CC=CC1. The molecular weight excluding hydrogens is 482 g/mol. The molecule has 0 nitrogen and oxygen atoms in total. The second-order valence-corrected chi connectivity index (χ2v) is 16.9. The molecule has 2 aliphatic heterocycles. The zero-order valence-corrected chi connectivity index (χ0v) is 23.9. The second kappa shape index (κ2) is 11.4. The summed E-state index contributed by atoms with van der Waals surface area (Å²) in [5, 5.41) is 0. The lowest BCUT2D eigenvalue weighted by Gasteiger charge is -2.40. The summed E-state index contributed by atoms with van der Waals surface area (Å²) in [6.45, 7) is 2.56. The van der Waals surface area contributed by atoms with Crippen molar-refractivity contribution in [3.05, 3.63) is 132 Å². The van der Waals surface area contributed by atoms with Gasteiger partial charge in [-0.3, -0.25) is 0 Å². The monoisotopic (exact) mass is 522 g/mol. The van der Waals surface area contributed by atoms with Crippen molar-refractivity contribution in [2.75, 3.05) is 12.3 Å². The highest BCUT2D eigenvalue weighted by atomic mass is 31.1. The van der Waals surface area contributed by atoms with E-state index in [-0.39, 0.29) is 15.8 Å². The summed E-state index contributed by atoms with van der Waals surface area (Å²) < 4.78 is 0. The minimum atomic E-state index is -0.0975. The van der Waals surface area contributed by atoms with E-state index in [0.29, 0.717) is 5.41 Å². The van der Waals surface area contributed by atoms with Gasteiger partial charge < -0.3 is 0 Å². The highest BCUT2D eigenvalue weighted by molar-refractivity contribution is 7.63. The molecule has 6 unspecified atom stereocenters. The van der Waals surface area contributed by atoms with Crippen molar-refractivity contribution < 1.29 is 0 Å². The predicted octanol–water partition coefficient (Wildman–Crippen LogP) is 10.7. The Morgan fingerprint density at radius 2 is 1.05 bits per heavy atom. The molecule has 1 aliphatic carbocycles. The van der Waals surface area contributed by atoms with Gasteiger partial charge in [-0.25, -0.2) is 0 Å². The molecule has 0 aromatic heterocycles. The van der Waals surface area contributed by atoms with Crippen LogP contribution in [0, 0.1) is 5.41 Å². The van der Waals surface area contributed by atoms with Crippen molar-refractivity contribution in [1.29, 1.82) is 0 Å². The third kappa shape index (κ3) is 5.31. The van der Waals surface area contributed by atoms with Crippen LogP contribution in [0.5, 0.6) is 0 Å². The lowest BCUT2D eigenvalue weighted by molar-refractivity contribution is 0.397. The molecule has 0 amide bonds. The van der Waals surface area contributed by atoms with E-state index in [1.165, 1.54) is 44.4 Å². The fourth-order valence-electron chi connectivity index (χ4n) is 7.38. The van der Waals surface area contributed by atoms with E-state index in [2.05, 4.69) is 122 Å². The normalized spacial score (nSPS) is 33.1. The van der Waals surface area contributed by atoms with Gasteiger partial charge in [-0.05, 0) is 72.2 Å². The van der Waals surface area contributed by atoms with Gasteiger partial charge in [-0.1, -0.05) is 138 Å². The van der Waals surface area contributed by atoms with Gasteiger partial charge in [-0.2, -0.15) is 0 Å². The lowest BCUT2D eigenvalue weighted by atomic mass is 9.79. The van der Waals surface area contributed by atoms with Crippen molar-refractivity contribution in [3.63, 3.8) is 0 Å². The molecule has 3 aromatic rings. The Kier molecular flexibility index (Phi) is 7.79. The van der Waals surface area contributed by atoms with E-state index in [1.54, 1.807) is 16.7 Å². The second-order valence-electron chi connectivity index (χ2n) is 11.4. The van der Waals surface area contributed by atoms with E-state index in [4.69, 9.17) is 0 Å². The molecule has 2 heteroatoms. The molecule has 0 saturated carbocycles. The topological polar surface area (TPSA) is 0 Å². The highest BCUT2D eigenvalue weighted by Crippen LogP contribution is 2.74. The van der Waals surface area contributed by atoms with Gasteiger partial charge in [0.05, 0.1) is 0 Å². The summed E-state index contributed by atoms with van der Waals surface area (Å²) in [6.07, 6.45) is 19.1. The molecular formula is C35H40P2. The van der Waals surface area contributed by atoms with Crippen molar-refractivity contribution in [2.45, 2.75) is 61.7 Å². The van der Waals surface area contributed by atoms with E-state index in [0.717, 1.165) is 22.6 Å². The highest BCUT2D eigenvalue weighted by Gasteiger charge is 2.46. The number of rotatable bonds is 7. The van der Waals surface area contributed by atoms with Crippen LogP contribution < -0.4 is 0 Å². The van der Waals surface area contributed by atoms with Crippen LogP contribution in [0.15, 0.2) is 115 Å². The maximum atomic E-state index is 2.56. The fourth-order valence-corrected chi connectivity index (χ4v) is 15.9. The largest absolute Gasteiger partial charge is 0.0946 e. The number of hydrogen-bond donors (Lipinski definition) is 0. The Hall–Kier alpha value is -2.00. The third-order valence-corrected chi connectivity index (χ3v) is 16.8. The number of benzene rings is 3. The van der Waals surface area contributed by atoms with Crippen LogP contribution in [0.25, 0.3) is 0 Å². The van der Waals surface area contributed by atoms with Crippen LogP contribution in [0.3, 0.4) is 0 Å². The molecule has 3 aromatic carbocycles. The minimum Gasteiger partial charge on any atom is -0.0946 e. The summed E-state index contributed by atoms with van der Waals surface area (Å²) in [6, 6.07) is 34.6. The van der Waals surface area contributed by atoms with Gasteiger partial charge in [0.15, 0.2) is 0 Å². The molecule has 6 atom stereocenters. The molecule has 0 bridgehead atoms. The van der Waals surface area contributed by atoms with Crippen LogP contribution in [0.4, 0.5) is 0 Å². The van der Waals surface area contributed by atoms with Crippen molar-refractivity contribution >= 4 is 15.8 Å². The molecule has 190 valence electrons. The Labute approximate surface area is 226 Å². The van der Waals surface area contributed by atoms with Crippen LogP contribution >= 0.6 is 15.8 Å². The molecule has 37 heavy (non-hydrogen) atoms. The van der Waals surface area contributed by atoms with Crippen molar-refractivity contribution in [1.82, 2.24) is 0 Å². The Morgan fingerprint density at radius 1 is 0.595 bits per heavy atom. The van der Waals surface area contributed by atoms with Crippen molar-refractivity contribution in [3.8, 4) is 0 Å². The van der Waals surface area contributed by atoms with Gasteiger partial charge in [0, 0.05) is 17.0 Å². The first-order valence-corrected chi connectivity index (χ1v) is 17.6. The fraction of sp³-hybridized carbons (Fsp3) is 0.371. The molecule has 2 fully saturated rings. The van der Waals surface area contributed by atoms with Gasteiger partial charge >= 0.3 is 0 Å². The molecule has 0 radical (unpaired) electrons. The van der Waals surface area contributed by atoms with E-state index < -0.39 is 0 Å². The first-order chi connectivity index (χ1) is 18.2. The number of hydrogen-bond acceptors (Lipinski definition) is 0. The standard InChI is InChI=1S/C35H40P2/c1-35(24-12-5-13-25-35)34-23-22-33(30-18-10-4-11-19-30)37(34)27-26-36-31(28-14-6-2-7-15-28)20-21-32(36)29-16-8-3-9-17-29/h2-19,24,31-34H,20-23,25-27H2,1H3. The van der Waals surface area contributed by atoms with Gasteiger partial charge in [-0.15, -0.1) is 0 Å². The zero-order valence-electron chi connectivity index (χ0n) is 22.1. The minimum absolute atomic E-state index is 0.0807. The summed E-state index contributed by atoms with van der Waals surface area (Å²) in [5.41, 5.74) is 8.21. The first-order valence-electron chi connectivity index (χ1n) is 14.2. The summed E-state index contributed by atoms with van der Waals surface area (Å²) >= 11 is 0. The quantitative estimate of drug-likeness (QED) is 0.271. The maximum Gasteiger partial charge on any atom is 0.00477 e. The summed E-state index contributed by atoms with van der Waals surface area (Å²) in [7, 11) is -0.178. The lowest BCUT2D eigenvalue weighted by Crippen LogP contribution is -2.28. The van der Waals surface area contributed by atoms with E-state index >= 15 is 0 Å². The van der Waals surface area contributed by atoms with Gasteiger partial charge in [0.1, 0.15) is 0 Å². The smallest absolute Gasteiger partial charge is 0.00477 e. The molecule has 2 saturated heterocycles. The Balaban J connectivity index is 1.30. The van der Waals surface area contributed by atoms with E-state index in [1.807, 2.05) is 0 Å². The zero-order chi connectivity index (χ0) is 25.1. The predicted molar refractivity (Wildman–Crippen MR) is 164 cm³/mol. The molecule has 0 spiro atoms. The van der Waals surface area contributed by atoms with Crippen LogP contribution in [0.2, 0.25) is 0 Å². The average Bonchev–Trinajstić information content (AvgIpc) is 3.59. The summed E-state index contributed by atoms with van der Waals surface area (Å²) in [5.74, 6) is 0. The first kappa shape index (κ1) is 25.3. The van der Waals surface area contributed by atoms with Crippen LogP contribution in [0.1, 0.15) is 72.7 Å². The molecule has 3 aliphatic rings. The molecule has 2 heterocycles. The molecule has 6 rings (SSSR count). The maximum absolute atomic E-state index is 2.56. The van der Waals surface area contributed by atoms with Crippen molar-refractivity contribution in [2.24, 2.45) is 5.41 Å². The van der Waals surface area contributed by atoms with Gasteiger partial charge in [0.25, 0.3) is 0 Å². The molecule has 0 N–H and O–H groups in total. The van der Waals surface area contributed by atoms with E-state index in [9.17, 15) is 0 Å². The van der Waals surface area contributed by atoms with Crippen LogP contribution in [-0.2, 0) is 0 Å². The average molecular weight is 523 g/mol. The Bertz CT molecular complexity index is 1150. The number of allylic oxidation sites excluding steroid dienone is 4. The summed E-state index contributed by atoms with van der Waals surface area (Å²) in [4.78, 5) is 0.